The van der Waals surface area contributed by atoms with Crippen molar-refractivity contribution in [2.24, 2.45) is 0 Å². The number of piperazine rings is 1. The van der Waals surface area contributed by atoms with Gasteiger partial charge in [0.25, 0.3) is 0 Å². The average Bonchev–Trinajstić information content (AvgIpc) is 3.16. The van der Waals surface area contributed by atoms with Crippen LogP contribution >= 0.6 is 0 Å². The summed E-state index contributed by atoms with van der Waals surface area (Å²) in [5, 5.41) is 28.3. The molecule has 8 nitrogen and oxygen atoms in total. The minimum atomic E-state index is 0.110. The van der Waals surface area contributed by atoms with Crippen molar-refractivity contribution >= 4 is 11.6 Å². The van der Waals surface area contributed by atoms with E-state index in [-0.39, 0.29) is 18.1 Å². The minimum Gasteiger partial charge on any atom is -0.508 e. The molecule has 0 spiro atoms. The van der Waals surface area contributed by atoms with Crippen molar-refractivity contribution in [2.75, 3.05) is 36.0 Å². The van der Waals surface area contributed by atoms with Crippen molar-refractivity contribution in [1.82, 2.24) is 14.8 Å². The first kappa shape index (κ1) is 18.9. The summed E-state index contributed by atoms with van der Waals surface area (Å²) in [5.74, 6) is 2.38. The fourth-order valence-electron chi connectivity index (χ4n) is 3.57. The van der Waals surface area contributed by atoms with Crippen molar-refractivity contribution in [3.63, 3.8) is 0 Å². The molecule has 2 N–H and O–H groups in total. The number of para-hydroxylation sites is 2. The van der Waals surface area contributed by atoms with Crippen LogP contribution in [0.2, 0.25) is 0 Å². The maximum absolute atomic E-state index is 9.86. The fourth-order valence-corrected chi connectivity index (χ4v) is 3.57. The Balaban J connectivity index is 1.42. The molecule has 2 aromatic carbocycles. The number of nitrogens with zero attached hydrogens (tertiary/aromatic N) is 5. The second-order valence-electron chi connectivity index (χ2n) is 6.91. The Morgan fingerprint density at radius 2 is 1.69 bits per heavy atom. The number of rotatable bonds is 6. The molecule has 0 atom stereocenters. The molecule has 0 aliphatic carbocycles. The Kier molecular flexibility index (Phi) is 5.41. The first-order chi connectivity index (χ1) is 14.2. The van der Waals surface area contributed by atoms with Crippen LogP contribution in [0.15, 0.2) is 48.5 Å². The van der Waals surface area contributed by atoms with Crippen LogP contribution < -0.4 is 14.5 Å². The van der Waals surface area contributed by atoms with Gasteiger partial charge in [-0.3, -0.25) is 4.57 Å². The molecule has 152 valence electrons. The highest BCUT2D eigenvalue weighted by Crippen LogP contribution is 2.26. The number of aromatic hydroxyl groups is 2. The predicted molar refractivity (Wildman–Crippen MR) is 111 cm³/mol. The number of ether oxygens (including phenoxy) is 1. The molecule has 0 radical (unpaired) electrons. The van der Waals surface area contributed by atoms with Gasteiger partial charge in [-0.1, -0.05) is 18.2 Å². The van der Waals surface area contributed by atoms with Gasteiger partial charge in [0, 0.05) is 44.5 Å². The zero-order valence-corrected chi connectivity index (χ0v) is 16.4. The van der Waals surface area contributed by atoms with Crippen LogP contribution in [0.4, 0.5) is 11.6 Å². The van der Waals surface area contributed by atoms with E-state index in [0.717, 1.165) is 50.2 Å². The van der Waals surface area contributed by atoms with Gasteiger partial charge >= 0.3 is 0 Å². The number of phenolic OH excluding ortho intramolecular Hbond substituents is 2. The largest absolute Gasteiger partial charge is 0.508 e. The predicted octanol–water partition coefficient (Wildman–Crippen LogP) is 2.61. The molecule has 8 heteroatoms. The Morgan fingerprint density at radius 1 is 0.931 bits per heavy atom. The molecule has 3 aromatic rings. The third-order valence-corrected chi connectivity index (χ3v) is 5.10. The second kappa shape index (κ2) is 8.30. The summed E-state index contributed by atoms with van der Waals surface area (Å²) in [7, 11) is 0. The molecule has 0 saturated carbocycles. The average molecular weight is 395 g/mol. The highest BCUT2D eigenvalue weighted by atomic mass is 16.5. The first-order valence-corrected chi connectivity index (χ1v) is 9.77. The SMILES string of the molecule is CCn1c(COc2ccccc2O)nnc1N1CCN(c2cccc(O)c2)CC1. The highest BCUT2D eigenvalue weighted by molar-refractivity contribution is 5.52. The van der Waals surface area contributed by atoms with Gasteiger partial charge in [-0.25, -0.2) is 0 Å². The third-order valence-electron chi connectivity index (χ3n) is 5.10. The summed E-state index contributed by atoms with van der Waals surface area (Å²) in [6.07, 6.45) is 0. The number of benzene rings is 2. The van der Waals surface area contributed by atoms with Gasteiger partial charge in [-0.2, -0.15) is 0 Å². The van der Waals surface area contributed by atoms with E-state index < -0.39 is 0 Å². The van der Waals surface area contributed by atoms with Crippen molar-refractivity contribution in [1.29, 1.82) is 0 Å². The van der Waals surface area contributed by atoms with Crippen LogP contribution in [-0.4, -0.2) is 51.2 Å². The van der Waals surface area contributed by atoms with E-state index in [1.54, 1.807) is 30.3 Å². The molecule has 0 bridgehead atoms. The van der Waals surface area contributed by atoms with Crippen LogP contribution in [0.1, 0.15) is 12.7 Å². The van der Waals surface area contributed by atoms with Crippen LogP contribution in [0.5, 0.6) is 17.2 Å². The molecule has 0 unspecified atom stereocenters. The number of aromatic nitrogens is 3. The summed E-state index contributed by atoms with van der Waals surface area (Å²) >= 11 is 0. The van der Waals surface area contributed by atoms with Gasteiger partial charge in [0.1, 0.15) is 12.4 Å². The van der Waals surface area contributed by atoms with Crippen LogP contribution in [0.25, 0.3) is 0 Å². The second-order valence-corrected chi connectivity index (χ2v) is 6.91. The summed E-state index contributed by atoms with van der Waals surface area (Å²) in [4.78, 5) is 4.48. The monoisotopic (exact) mass is 395 g/mol. The molecule has 1 aromatic heterocycles. The van der Waals surface area contributed by atoms with Gasteiger partial charge in [0.2, 0.25) is 5.95 Å². The van der Waals surface area contributed by atoms with Crippen LogP contribution in [-0.2, 0) is 13.2 Å². The smallest absolute Gasteiger partial charge is 0.227 e. The van der Waals surface area contributed by atoms with Gasteiger partial charge in [-0.15, -0.1) is 10.2 Å². The molecule has 1 aliphatic rings. The van der Waals surface area contributed by atoms with Gasteiger partial charge in [0.05, 0.1) is 0 Å². The lowest BCUT2D eigenvalue weighted by Crippen LogP contribution is -2.47. The molecule has 1 aliphatic heterocycles. The summed E-state index contributed by atoms with van der Waals surface area (Å²) < 4.78 is 7.77. The van der Waals surface area contributed by atoms with Gasteiger partial charge < -0.3 is 24.7 Å². The molecule has 29 heavy (non-hydrogen) atoms. The quantitative estimate of drug-likeness (QED) is 0.663. The van der Waals surface area contributed by atoms with Crippen molar-refractivity contribution in [2.45, 2.75) is 20.1 Å². The molecule has 0 amide bonds. The van der Waals surface area contributed by atoms with Crippen molar-refractivity contribution in [3.05, 3.63) is 54.4 Å². The molecule has 1 fully saturated rings. The minimum absolute atomic E-state index is 0.110. The van der Waals surface area contributed by atoms with Crippen molar-refractivity contribution < 1.29 is 14.9 Å². The van der Waals surface area contributed by atoms with Crippen molar-refractivity contribution in [3.8, 4) is 17.2 Å². The summed E-state index contributed by atoms with van der Waals surface area (Å²) in [6, 6.07) is 14.2. The van der Waals surface area contributed by atoms with Crippen LogP contribution in [0, 0.1) is 0 Å². The standard InChI is InChI=1S/C21H25N5O3/c1-2-26-20(15-29-19-9-4-3-8-18(19)28)22-23-21(26)25-12-10-24(11-13-25)16-6-5-7-17(27)14-16/h3-9,14,27-28H,2,10-13,15H2,1H3. The first-order valence-electron chi connectivity index (χ1n) is 9.77. The number of hydrogen-bond acceptors (Lipinski definition) is 7. The van der Waals surface area contributed by atoms with E-state index in [1.807, 2.05) is 22.8 Å². The lowest BCUT2D eigenvalue weighted by atomic mass is 10.2. The van der Waals surface area contributed by atoms with E-state index in [9.17, 15) is 10.2 Å². The third kappa shape index (κ3) is 4.06. The van der Waals surface area contributed by atoms with Gasteiger partial charge in [-0.05, 0) is 31.2 Å². The Morgan fingerprint density at radius 3 is 2.41 bits per heavy atom. The Labute approximate surface area is 169 Å². The summed E-state index contributed by atoms with van der Waals surface area (Å²) in [5.41, 5.74) is 1.03. The summed E-state index contributed by atoms with van der Waals surface area (Å²) in [6.45, 7) is 6.32. The Hall–Kier alpha value is -3.42. The highest BCUT2D eigenvalue weighted by Gasteiger charge is 2.23. The van der Waals surface area contributed by atoms with E-state index in [4.69, 9.17) is 4.74 Å². The van der Waals surface area contributed by atoms with E-state index in [1.165, 1.54) is 0 Å². The fraction of sp³-hybridized carbons (Fsp3) is 0.333. The number of hydrogen-bond donors (Lipinski definition) is 2. The molecule has 2 heterocycles. The number of anilines is 2. The zero-order chi connectivity index (χ0) is 20.2. The number of phenols is 2. The zero-order valence-electron chi connectivity index (χ0n) is 16.4. The molecular weight excluding hydrogens is 370 g/mol. The normalized spacial score (nSPS) is 14.2. The maximum atomic E-state index is 9.86. The molecule has 1 saturated heterocycles. The Bertz CT molecular complexity index is 966. The topological polar surface area (TPSA) is 86.9 Å². The van der Waals surface area contributed by atoms with E-state index >= 15 is 0 Å². The maximum Gasteiger partial charge on any atom is 0.227 e. The molecular formula is C21H25N5O3. The van der Waals surface area contributed by atoms with E-state index in [2.05, 4.69) is 26.9 Å². The lowest BCUT2D eigenvalue weighted by Gasteiger charge is -2.36. The molecule has 4 rings (SSSR count). The van der Waals surface area contributed by atoms with Gasteiger partial charge in [0.15, 0.2) is 17.3 Å². The lowest BCUT2D eigenvalue weighted by molar-refractivity contribution is 0.275. The van der Waals surface area contributed by atoms with E-state index in [0.29, 0.717) is 5.75 Å². The van der Waals surface area contributed by atoms with Crippen LogP contribution in [0.3, 0.4) is 0 Å².